The molecule has 2 nitrogen and oxygen atoms in total. The van der Waals surface area contributed by atoms with Crippen molar-refractivity contribution in [2.45, 2.75) is 65.3 Å². The molecule has 0 aromatic carbocycles. The van der Waals surface area contributed by atoms with Crippen molar-refractivity contribution >= 4 is 0 Å². The Balaban J connectivity index is 2.29. The summed E-state index contributed by atoms with van der Waals surface area (Å²) in [5, 5.41) is 3.71. The summed E-state index contributed by atoms with van der Waals surface area (Å²) in [6.45, 7) is 11.9. The molecule has 0 heterocycles. The van der Waals surface area contributed by atoms with Crippen LogP contribution in [0.3, 0.4) is 0 Å². The Bertz CT molecular complexity index is 178. The Labute approximate surface area is 108 Å². The zero-order valence-corrected chi connectivity index (χ0v) is 12.2. The van der Waals surface area contributed by atoms with E-state index in [1.807, 2.05) is 0 Å². The summed E-state index contributed by atoms with van der Waals surface area (Å²) in [5.41, 5.74) is 0. The largest absolute Gasteiger partial charge is 0.313 e. The molecular formula is C15H32N2. The van der Waals surface area contributed by atoms with Gasteiger partial charge in [0.1, 0.15) is 0 Å². The van der Waals surface area contributed by atoms with Crippen molar-refractivity contribution < 1.29 is 0 Å². The number of hydrogen-bond donors (Lipinski definition) is 1. The van der Waals surface area contributed by atoms with Gasteiger partial charge in [0.25, 0.3) is 0 Å². The van der Waals surface area contributed by atoms with Gasteiger partial charge in [-0.3, -0.25) is 0 Å². The number of nitrogens with zero attached hydrogens (tertiary/aromatic N) is 1. The third-order valence-corrected chi connectivity index (χ3v) is 3.55. The van der Waals surface area contributed by atoms with Gasteiger partial charge in [-0.15, -0.1) is 0 Å². The third kappa shape index (κ3) is 7.05. The summed E-state index contributed by atoms with van der Waals surface area (Å²) < 4.78 is 0. The maximum Gasteiger partial charge on any atom is 0.0194 e. The highest BCUT2D eigenvalue weighted by Crippen LogP contribution is 2.29. The van der Waals surface area contributed by atoms with Crippen LogP contribution in [0.5, 0.6) is 0 Å². The summed E-state index contributed by atoms with van der Waals surface area (Å²) >= 11 is 0. The van der Waals surface area contributed by atoms with Crippen LogP contribution in [0.15, 0.2) is 0 Å². The van der Waals surface area contributed by atoms with Gasteiger partial charge in [-0.05, 0) is 51.1 Å². The van der Waals surface area contributed by atoms with Gasteiger partial charge in [0.2, 0.25) is 0 Å². The first-order valence-electron chi connectivity index (χ1n) is 7.75. The molecule has 2 heteroatoms. The van der Waals surface area contributed by atoms with E-state index in [0.29, 0.717) is 6.04 Å². The molecule has 0 saturated heterocycles. The maximum atomic E-state index is 3.71. The van der Waals surface area contributed by atoms with E-state index in [4.69, 9.17) is 0 Å². The maximum absolute atomic E-state index is 3.71. The van der Waals surface area contributed by atoms with Gasteiger partial charge in [-0.25, -0.2) is 0 Å². The summed E-state index contributed by atoms with van der Waals surface area (Å²) in [4.78, 5) is 2.70. The Morgan fingerprint density at radius 3 is 2.41 bits per heavy atom. The summed E-state index contributed by atoms with van der Waals surface area (Å²) in [6.07, 6.45) is 8.10. The summed E-state index contributed by atoms with van der Waals surface area (Å²) in [6, 6.07) is 0.713. The fourth-order valence-corrected chi connectivity index (χ4v) is 2.51. The quantitative estimate of drug-likeness (QED) is 0.596. The Morgan fingerprint density at radius 1 is 1.12 bits per heavy atom. The lowest BCUT2D eigenvalue weighted by Gasteiger charge is -2.28. The second kappa shape index (κ2) is 8.93. The molecule has 0 aromatic rings. The first-order chi connectivity index (χ1) is 8.30. The predicted octanol–water partition coefficient (Wildman–Crippen LogP) is 3.28. The van der Waals surface area contributed by atoms with Crippen LogP contribution in [0, 0.1) is 5.92 Å². The monoisotopic (exact) mass is 240 g/mol. The standard InChI is InChI=1S/C15H32N2/c1-4-7-15(16-10-5-2)13-17(11-6-3)12-14-8-9-14/h14-16H,4-13H2,1-3H3. The lowest BCUT2D eigenvalue weighted by molar-refractivity contribution is 0.227. The van der Waals surface area contributed by atoms with Crippen LogP contribution in [0.4, 0.5) is 0 Å². The summed E-state index contributed by atoms with van der Waals surface area (Å²) in [5.74, 6) is 1.02. The van der Waals surface area contributed by atoms with E-state index in [2.05, 4.69) is 31.0 Å². The van der Waals surface area contributed by atoms with Crippen LogP contribution in [-0.4, -0.2) is 37.1 Å². The van der Waals surface area contributed by atoms with E-state index in [0.717, 1.165) is 5.92 Å². The lowest BCUT2D eigenvalue weighted by atomic mass is 10.1. The molecule has 0 amide bonds. The molecule has 0 radical (unpaired) electrons. The van der Waals surface area contributed by atoms with Crippen molar-refractivity contribution in [2.75, 3.05) is 26.2 Å². The topological polar surface area (TPSA) is 15.3 Å². The van der Waals surface area contributed by atoms with Crippen molar-refractivity contribution in [3.8, 4) is 0 Å². The van der Waals surface area contributed by atoms with E-state index in [9.17, 15) is 0 Å². The van der Waals surface area contributed by atoms with Crippen LogP contribution < -0.4 is 5.32 Å². The van der Waals surface area contributed by atoms with Crippen LogP contribution in [0.1, 0.15) is 59.3 Å². The predicted molar refractivity (Wildman–Crippen MR) is 76.4 cm³/mol. The smallest absolute Gasteiger partial charge is 0.0194 e. The lowest BCUT2D eigenvalue weighted by Crippen LogP contribution is -2.42. The highest BCUT2D eigenvalue weighted by molar-refractivity contribution is 4.80. The molecule has 0 aliphatic heterocycles. The first kappa shape index (κ1) is 15.0. The molecule has 1 aliphatic carbocycles. The van der Waals surface area contributed by atoms with Gasteiger partial charge < -0.3 is 10.2 Å². The van der Waals surface area contributed by atoms with E-state index < -0.39 is 0 Å². The fraction of sp³-hybridized carbons (Fsp3) is 1.00. The number of nitrogens with one attached hydrogen (secondary N) is 1. The van der Waals surface area contributed by atoms with Gasteiger partial charge in [0, 0.05) is 19.1 Å². The van der Waals surface area contributed by atoms with E-state index in [1.54, 1.807) is 0 Å². The van der Waals surface area contributed by atoms with Crippen LogP contribution in [0.2, 0.25) is 0 Å². The van der Waals surface area contributed by atoms with Gasteiger partial charge in [-0.2, -0.15) is 0 Å². The van der Waals surface area contributed by atoms with Crippen molar-refractivity contribution in [1.82, 2.24) is 10.2 Å². The molecular weight excluding hydrogens is 208 g/mol. The van der Waals surface area contributed by atoms with Crippen molar-refractivity contribution in [2.24, 2.45) is 5.92 Å². The zero-order chi connectivity index (χ0) is 12.5. The molecule has 1 saturated carbocycles. The van der Waals surface area contributed by atoms with Crippen LogP contribution >= 0.6 is 0 Å². The van der Waals surface area contributed by atoms with Crippen LogP contribution in [-0.2, 0) is 0 Å². The zero-order valence-electron chi connectivity index (χ0n) is 12.2. The molecule has 1 aliphatic rings. The molecule has 1 N–H and O–H groups in total. The minimum absolute atomic E-state index is 0.713. The molecule has 0 spiro atoms. The second-order valence-corrected chi connectivity index (χ2v) is 5.64. The average molecular weight is 240 g/mol. The normalized spacial score (nSPS) is 17.6. The van der Waals surface area contributed by atoms with E-state index in [-0.39, 0.29) is 0 Å². The molecule has 1 atom stereocenters. The molecule has 1 rings (SSSR count). The van der Waals surface area contributed by atoms with Gasteiger partial charge >= 0.3 is 0 Å². The molecule has 17 heavy (non-hydrogen) atoms. The van der Waals surface area contributed by atoms with Gasteiger partial charge in [-0.1, -0.05) is 27.2 Å². The molecule has 1 unspecified atom stereocenters. The molecule has 102 valence electrons. The SMILES string of the molecule is CCCNC(CCC)CN(CCC)CC1CC1. The van der Waals surface area contributed by atoms with E-state index >= 15 is 0 Å². The van der Waals surface area contributed by atoms with E-state index in [1.165, 1.54) is 64.7 Å². The van der Waals surface area contributed by atoms with Crippen molar-refractivity contribution in [1.29, 1.82) is 0 Å². The van der Waals surface area contributed by atoms with Gasteiger partial charge in [0.05, 0.1) is 0 Å². The molecule has 0 aromatic heterocycles. The Morgan fingerprint density at radius 2 is 1.88 bits per heavy atom. The van der Waals surface area contributed by atoms with Crippen molar-refractivity contribution in [3.63, 3.8) is 0 Å². The van der Waals surface area contributed by atoms with Crippen LogP contribution in [0.25, 0.3) is 0 Å². The minimum Gasteiger partial charge on any atom is -0.313 e. The first-order valence-corrected chi connectivity index (χ1v) is 7.75. The Kier molecular flexibility index (Phi) is 7.87. The average Bonchev–Trinajstić information content (AvgIpc) is 3.10. The van der Waals surface area contributed by atoms with Gasteiger partial charge in [0.15, 0.2) is 0 Å². The number of hydrogen-bond acceptors (Lipinski definition) is 2. The highest BCUT2D eigenvalue weighted by Gasteiger charge is 2.24. The second-order valence-electron chi connectivity index (χ2n) is 5.64. The molecule has 1 fully saturated rings. The summed E-state index contributed by atoms with van der Waals surface area (Å²) in [7, 11) is 0. The number of rotatable bonds is 11. The molecule has 0 bridgehead atoms. The minimum atomic E-state index is 0.713. The van der Waals surface area contributed by atoms with Crippen molar-refractivity contribution in [3.05, 3.63) is 0 Å². The third-order valence-electron chi connectivity index (χ3n) is 3.55. The fourth-order valence-electron chi connectivity index (χ4n) is 2.51. The Hall–Kier alpha value is -0.0800. The highest BCUT2D eigenvalue weighted by atomic mass is 15.2.